The first kappa shape index (κ1) is 13.3. The number of aromatic nitrogens is 2. The number of benzene rings is 1. The van der Waals surface area contributed by atoms with Gasteiger partial charge in [-0.3, -0.25) is 0 Å². The molecule has 1 heterocycles. The molecular weight excluding hydrogens is 343 g/mol. The molecule has 0 amide bonds. The van der Waals surface area contributed by atoms with Gasteiger partial charge in [0.05, 0.1) is 4.83 Å². The van der Waals surface area contributed by atoms with E-state index in [0.717, 1.165) is 22.0 Å². The van der Waals surface area contributed by atoms with Crippen molar-refractivity contribution in [3.05, 3.63) is 33.3 Å². The second-order valence-corrected chi connectivity index (χ2v) is 6.47. The third-order valence-corrected chi connectivity index (χ3v) is 5.08. The van der Waals surface area contributed by atoms with E-state index >= 15 is 0 Å². The second-order valence-electron chi connectivity index (χ2n) is 3.48. The molecule has 0 aliphatic heterocycles. The summed E-state index contributed by atoms with van der Waals surface area (Å²) in [5.41, 5.74) is 0.905. The zero-order valence-corrected chi connectivity index (χ0v) is 12.9. The van der Waals surface area contributed by atoms with Crippen LogP contribution in [0.2, 0.25) is 10.0 Å². The maximum atomic E-state index is 5.96. The Bertz CT molecular complexity index is 510. The molecule has 90 valence electrons. The Balaban J connectivity index is 2.36. The van der Waals surface area contributed by atoms with Gasteiger partial charge in [0.25, 0.3) is 0 Å². The summed E-state index contributed by atoms with van der Waals surface area (Å²) in [5.74, 6) is 0. The lowest BCUT2D eigenvalue weighted by molar-refractivity contribution is 0.870. The van der Waals surface area contributed by atoms with E-state index < -0.39 is 0 Å². The Hall–Kier alpha value is -0.160. The van der Waals surface area contributed by atoms with Crippen molar-refractivity contribution in [2.45, 2.75) is 18.2 Å². The van der Waals surface area contributed by atoms with Crippen molar-refractivity contribution < 1.29 is 0 Å². The summed E-state index contributed by atoms with van der Waals surface area (Å²) in [6.07, 6.45) is 0.977. The highest BCUT2D eigenvalue weighted by atomic mass is 79.9. The zero-order chi connectivity index (χ0) is 12.4. The molecule has 2 rings (SSSR count). The van der Waals surface area contributed by atoms with Crippen molar-refractivity contribution >= 4 is 50.5 Å². The van der Waals surface area contributed by atoms with Gasteiger partial charge >= 0.3 is 0 Å². The van der Waals surface area contributed by atoms with Crippen LogP contribution in [0.25, 0.3) is 10.6 Å². The van der Waals surface area contributed by atoms with Gasteiger partial charge in [-0.25, -0.2) is 0 Å². The Morgan fingerprint density at radius 1 is 1.24 bits per heavy atom. The number of hydrogen-bond donors (Lipinski definition) is 0. The minimum absolute atomic E-state index is 0.253. The number of alkyl halides is 1. The van der Waals surface area contributed by atoms with E-state index in [9.17, 15) is 0 Å². The van der Waals surface area contributed by atoms with Gasteiger partial charge in [-0.15, -0.1) is 10.2 Å². The normalized spacial score (nSPS) is 12.7. The lowest BCUT2D eigenvalue weighted by Crippen LogP contribution is -1.84. The van der Waals surface area contributed by atoms with Crippen LogP contribution in [0.5, 0.6) is 0 Å². The molecule has 1 atom stereocenters. The minimum atomic E-state index is 0.253. The van der Waals surface area contributed by atoms with E-state index in [4.69, 9.17) is 23.2 Å². The molecule has 0 spiro atoms. The summed E-state index contributed by atoms with van der Waals surface area (Å²) in [5, 5.41) is 11.3. The molecule has 2 aromatic rings. The summed E-state index contributed by atoms with van der Waals surface area (Å²) in [6, 6.07) is 5.38. The summed E-state index contributed by atoms with van der Waals surface area (Å²) < 4.78 is 0. The molecule has 6 heteroatoms. The predicted octanol–water partition coefficient (Wildman–Crippen LogP) is 5.36. The van der Waals surface area contributed by atoms with E-state index in [1.165, 1.54) is 0 Å². The summed E-state index contributed by atoms with van der Waals surface area (Å²) in [7, 11) is 0. The topological polar surface area (TPSA) is 25.8 Å². The maximum absolute atomic E-state index is 5.96. The molecule has 0 saturated heterocycles. The van der Waals surface area contributed by atoms with Crippen LogP contribution in [-0.4, -0.2) is 10.2 Å². The summed E-state index contributed by atoms with van der Waals surface area (Å²) in [4.78, 5) is 0.253. The number of nitrogens with zero attached hydrogens (tertiary/aromatic N) is 2. The number of hydrogen-bond acceptors (Lipinski definition) is 3. The molecule has 0 fully saturated rings. The molecule has 0 bridgehead atoms. The smallest absolute Gasteiger partial charge is 0.142 e. The van der Waals surface area contributed by atoms with Crippen molar-refractivity contribution in [2.24, 2.45) is 0 Å². The van der Waals surface area contributed by atoms with Gasteiger partial charge in [-0.05, 0) is 24.6 Å². The largest absolute Gasteiger partial charge is 0.147 e. The SMILES string of the molecule is CCC(Br)c1nnc(-c2cc(Cl)cc(Cl)c2)s1. The first-order chi connectivity index (χ1) is 8.10. The van der Waals surface area contributed by atoms with Crippen molar-refractivity contribution in [2.75, 3.05) is 0 Å². The first-order valence-corrected chi connectivity index (χ1v) is 7.53. The summed E-state index contributed by atoms with van der Waals surface area (Å²) in [6.45, 7) is 2.09. The fraction of sp³-hybridized carbons (Fsp3) is 0.273. The van der Waals surface area contributed by atoms with Gasteiger partial charge in [-0.1, -0.05) is 57.4 Å². The highest BCUT2D eigenvalue weighted by Crippen LogP contribution is 2.34. The third-order valence-electron chi connectivity index (χ3n) is 2.18. The van der Waals surface area contributed by atoms with Crippen molar-refractivity contribution in [1.29, 1.82) is 0 Å². The van der Waals surface area contributed by atoms with Gasteiger partial charge in [-0.2, -0.15) is 0 Å². The molecule has 0 aliphatic carbocycles. The van der Waals surface area contributed by atoms with E-state index in [1.807, 2.05) is 12.1 Å². The van der Waals surface area contributed by atoms with Gasteiger partial charge in [0.15, 0.2) is 0 Å². The minimum Gasteiger partial charge on any atom is -0.142 e. The average Bonchev–Trinajstić information content (AvgIpc) is 2.76. The fourth-order valence-electron chi connectivity index (χ4n) is 1.33. The van der Waals surface area contributed by atoms with Crippen LogP contribution in [0.1, 0.15) is 23.2 Å². The zero-order valence-electron chi connectivity index (χ0n) is 8.95. The summed E-state index contributed by atoms with van der Waals surface area (Å²) >= 11 is 17.0. The van der Waals surface area contributed by atoms with Gasteiger partial charge < -0.3 is 0 Å². The van der Waals surface area contributed by atoms with E-state index in [2.05, 4.69) is 33.1 Å². The molecule has 17 heavy (non-hydrogen) atoms. The fourth-order valence-corrected chi connectivity index (χ4v) is 3.12. The van der Waals surface area contributed by atoms with Gasteiger partial charge in [0.1, 0.15) is 10.0 Å². The first-order valence-electron chi connectivity index (χ1n) is 5.04. The molecule has 0 saturated carbocycles. The molecule has 1 aromatic carbocycles. The molecular formula is C11H9BrCl2N2S. The quantitative estimate of drug-likeness (QED) is 0.696. The van der Waals surface area contributed by atoms with Crippen LogP contribution in [0.3, 0.4) is 0 Å². The highest BCUT2D eigenvalue weighted by molar-refractivity contribution is 9.09. The van der Waals surface area contributed by atoms with Crippen molar-refractivity contribution in [1.82, 2.24) is 10.2 Å². The number of halogens is 3. The highest BCUT2D eigenvalue weighted by Gasteiger charge is 2.13. The molecule has 0 radical (unpaired) electrons. The van der Waals surface area contributed by atoms with Crippen LogP contribution < -0.4 is 0 Å². The Morgan fingerprint density at radius 3 is 2.47 bits per heavy atom. The van der Waals surface area contributed by atoms with E-state index in [0.29, 0.717) is 10.0 Å². The van der Waals surface area contributed by atoms with Crippen LogP contribution in [0.4, 0.5) is 0 Å². The molecule has 1 unspecified atom stereocenters. The van der Waals surface area contributed by atoms with Crippen LogP contribution >= 0.6 is 50.5 Å². The van der Waals surface area contributed by atoms with Gasteiger partial charge in [0, 0.05) is 15.6 Å². The lowest BCUT2D eigenvalue weighted by Gasteiger charge is -1.99. The standard InChI is InChI=1S/C11H9BrCl2N2S/c1-2-9(12)11-16-15-10(17-11)6-3-7(13)5-8(14)4-6/h3-5,9H,2H2,1H3. The lowest BCUT2D eigenvalue weighted by atomic mass is 10.2. The maximum Gasteiger partial charge on any atom is 0.147 e. The van der Waals surface area contributed by atoms with Crippen LogP contribution in [0, 0.1) is 0 Å². The third kappa shape index (κ3) is 3.19. The Labute approximate surface area is 122 Å². The van der Waals surface area contributed by atoms with E-state index in [-0.39, 0.29) is 4.83 Å². The monoisotopic (exact) mass is 350 g/mol. The molecule has 0 N–H and O–H groups in total. The van der Waals surface area contributed by atoms with Crippen molar-refractivity contribution in [3.63, 3.8) is 0 Å². The predicted molar refractivity (Wildman–Crippen MR) is 77.3 cm³/mol. The second kappa shape index (κ2) is 5.65. The molecule has 1 aromatic heterocycles. The average molecular weight is 352 g/mol. The van der Waals surface area contributed by atoms with E-state index in [1.54, 1.807) is 17.4 Å². The van der Waals surface area contributed by atoms with Crippen molar-refractivity contribution in [3.8, 4) is 10.6 Å². The van der Waals surface area contributed by atoms with Gasteiger partial charge in [0.2, 0.25) is 0 Å². The molecule has 2 nitrogen and oxygen atoms in total. The number of rotatable bonds is 3. The van der Waals surface area contributed by atoms with Crippen LogP contribution in [-0.2, 0) is 0 Å². The Kier molecular flexibility index (Phi) is 4.42. The molecule has 0 aliphatic rings. The Morgan fingerprint density at radius 2 is 1.88 bits per heavy atom. The van der Waals surface area contributed by atoms with Crippen LogP contribution in [0.15, 0.2) is 18.2 Å².